The summed E-state index contributed by atoms with van der Waals surface area (Å²) >= 11 is 0. The van der Waals surface area contributed by atoms with Crippen molar-refractivity contribution in [3.63, 3.8) is 0 Å². The molecule has 0 heterocycles. The predicted molar refractivity (Wildman–Crippen MR) is 58.0 cm³/mol. The van der Waals surface area contributed by atoms with E-state index in [-0.39, 0.29) is 12.3 Å². The second-order valence-electron chi connectivity index (χ2n) is 3.85. The molecule has 2 atom stereocenters. The monoisotopic (exact) mass is 199 g/mol. The molecule has 0 aliphatic carbocycles. The molecule has 0 aromatic rings. The topological polar surface area (TPSA) is 63.3 Å². The molecule has 0 aliphatic heterocycles. The maximum atomic E-state index is 10.5. The number of hydrogen-bond acceptors (Lipinski definition) is 2. The fourth-order valence-corrected chi connectivity index (χ4v) is 1.54. The van der Waals surface area contributed by atoms with E-state index in [1.165, 1.54) is 0 Å². The lowest BCUT2D eigenvalue weighted by atomic mass is 9.91. The van der Waals surface area contributed by atoms with Gasteiger partial charge in [-0.1, -0.05) is 19.1 Å². The highest BCUT2D eigenvalue weighted by Gasteiger charge is 2.14. The van der Waals surface area contributed by atoms with Gasteiger partial charge in [-0.15, -0.1) is 0 Å². The summed E-state index contributed by atoms with van der Waals surface area (Å²) in [6, 6.07) is 0. The number of carboxylic acids is 1. The molecule has 0 aliphatic rings. The molecule has 14 heavy (non-hydrogen) atoms. The van der Waals surface area contributed by atoms with Crippen LogP contribution >= 0.6 is 0 Å². The van der Waals surface area contributed by atoms with Crippen molar-refractivity contribution in [2.45, 2.75) is 33.1 Å². The molecule has 0 fully saturated rings. The minimum absolute atomic E-state index is 0.118. The second-order valence-corrected chi connectivity index (χ2v) is 3.85. The van der Waals surface area contributed by atoms with E-state index in [0.717, 1.165) is 12.8 Å². The summed E-state index contributed by atoms with van der Waals surface area (Å²) in [5.74, 6) is -0.120. The fraction of sp³-hybridized carbons (Fsp3) is 0.727. The maximum absolute atomic E-state index is 10.5. The molecule has 0 aromatic heterocycles. The smallest absolute Gasteiger partial charge is 0.303 e. The third kappa shape index (κ3) is 6.66. The predicted octanol–water partition coefficient (Wildman–Crippen LogP) is 2.03. The van der Waals surface area contributed by atoms with Crippen LogP contribution in [0.4, 0.5) is 0 Å². The van der Waals surface area contributed by atoms with Gasteiger partial charge in [0.05, 0.1) is 0 Å². The van der Waals surface area contributed by atoms with Gasteiger partial charge in [0.15, 0.2) is 0 Å². The molecular formula is C11H21NO2. The van der Waals surface area contributed by atoms with E-state index in [4.69, 9.17) is 10.8 Å². The van der Waals surface area contributed by atoms with Crippen molar-refractivity contribution in [2.24, 2.45) is 17.6 Å². The van der Waals surface area contributed by atoms with E-state index in [1.807, 2.05) is 13.0 Å². The summed E-state index contributed by atoms with van der Waals surface area (Å²) in [5.41, 5.74) is 5.52. The number of hydrogen-bond donors (Lipinski definition) is 2. The number of carbonyl (C=O) groups is 1. The van der Waals surface area contributed by atoms with E-state index in [0.29, 0.717) is 12.5 Å². The first-order chi connectivity index (χ1) is 6.60. The molecule has 0 spiro atoms. The van der Waals surface area contributed by atoms with Crippen molar-refractivity contribution >= 4 is 5.97 Å². The van der Waals surface area contributed by atoms with E-state index in [2.05, 4.69) is 13.0 Å². The zero-order valence-electron chi connectivity index (χ0n) is 9.07. The Balaban J connectivity index is 3.85. The Bertz CT molecular complexity index is 190. The van der Waals surface area contributed by atoms with Gasteiger partial charge in [-0.2, -0.15) is 0 Å². The van der Waals surface area contributed by atoms with Crippen molar-refractivity contribution in [1.29, 1.82) is 0 Å². The quantitative estimate of drug-likeness (QED) is 0.617. The number of rotatable bonds is 7. The molecular weight excluding hydrogens is 178 g/mol. The second kappa shape index (κ2) is 7.56. The molecule has 0 aromatic carbocycles. The zero-order valence-corrected chi connectivity index (χ0v) is 9.07. The van der Waals surface area contributed by atoms with Crippen molar-refractivity contribution < 1.29 is 9.90 Å². The Morgan fingerprint density at radius 3 is 2.64 bits per heavy atom. The van der Waals surface area contributed by atoms with E-state index >= 15 is 0 Å². The van der Waals surface area contributed by atoms with Gasteiger partial charge in [0, 0.05) is 6.42 Å². The summed E-state index contributed by atoms with van der Waals surface area (Å²) in [4.78, 5) is 10.5. The van der Waals surface area contributed by atoms with Gasteiger partial charge in [-0.25, -0.2) is 0 Å². The first-order valence-electron chi connectivity index (χ1n) is 5.13. The molecule has 3 heteroatoms. The van der Waals surface area contributed by atoms with Gasteiger partial charge in [-0.3, -0.25) is 4.79 Å². The van der Waals surface area contributed by atoms with Gasteiger partial charge in [0.2, 0.25) is 0 Å². The minimum Gasteiger partial charge on any atom is -0.481 e. The van der Waals surface area contributed by atoms with Crippen LogP contribution in [-0.2, 0) is 4.79 Å². The Morgan fingerprint density at radius 2 is 2.21 bits per heavy atom. The standard InChI is InChI=1S/C11H21NO2/c1-3-4-5-9(2)6-10(8-12)7-11(13)14/h3-4,9-10H,5-8,12H2,1-2H3,(H,13,14)/b4-3-/t9-,10+/m1/s1. The minimum atomic E-state index is -0.751. The van der Waals surface area contributed by atoms with E-state index in [1.54, 1.807) is 0 Å². The average Bonchev–Trinajstić information content (AvgIpc) is 2.12. The summed E-state index contributed by atoms with van der Waals surface area (Å²) in [7, 11) is 0. The van der Waals surface area contributed by atoms with Crippen LogP contribution in [0.5, 0.6) is 0 Å². The lowest BCUT2D eigenvalue weighted by molar-refractivity contribution is -0.138. The fourth-order valence-electron chi connectivity index (χ4n) is 1.54. The van der Waals surface area contributed by atoms with E-state index in [9.17, 15) is 4.79 Å². The van der Waals surface area contributed by atoms with Gasteiger partial charge in [0.25, 0.3) is 0 Å². The van der Waals surface area contributed by atoms with Gasteiger partial charge >= 0.3 is 5.97 Å². The van der Waals surface area contributed by atoms with Gasteiger partial charge in [0.1, 0.15) is 0 Å². The highest BCUT2D eigenvalue weighted by molar-refractivity contribution is 5.67. The summed E-state index contributed by atoms with van der Waals surface area (Å²) in [6.45, 7) is 4.58. The third-order valence-electron chi connectivity index (χ3n) is 2.31. The van der Waals surface area contributed by atoms with Crippen LogP contribution in [0, 0.1) is 11.8 Å². The molecule has 0 unspecified atom stereocenters. The molecule has 0 rings (SSSR count). The van der Waals surface area contributed by atoms with E-state index < -0.39 is 5.97 Å². The van der Waals surface area contributed by atoms with Gasteiger partial charge < -0.3 is 10.8 Å². The summed E-state index contributed by atoms with van der Waals surface area (Å²) < 4.78 is 0. The van der Waals surface area contributed by atoms with Crippen molar-refractivity contribution in [3.8, 4) is 0 Å². The Kier molecular flexibility index (Phi) is 7.11. The van der Waals surface area contributed by atoms with Crippen LogP contribution in [0.25, 0.3) is 0 Å². The molecule has 0 bridgehead atoms. The first kappa shape index (κ1) is 13.2. The summed E-state index contributed by atoms with van der Waals surface area (Å²) in [5, 5.41) is 8.63. The Morgan fingerprint density at radius 1 is 1.57 bits per heavy atom. The van der Waals surface area contributed by atoms with Crippen molar-refractivity contribution in [1.82, 2.24) is 0 Å². The van der Waals surface area contributed by atoms with Crippen LogP contribution < -0.4 is 5.73 Å². The Labute approximate surface area is 86.0 Å². The largest absolute Gasteiger partial charge is 0.481 e. The summed E-state index contributed by atoms with van der Waals surface area (Å²) in [6.07, 6.45) is 6.22. The van der Waals surface area contributed by atoms with Crippen molar-refractivity contribution in [2.75, 3.05) is 6.54 Å². The lowest BCUT2D eigenvalue weighted by Crippen LogP contribution is -2.20. The van der Waals surface area contributed by atoms with Crippen LogP contribution in [-0.4, -0.2) is 17.6 Å². The number of allylic oxidation sites excluding steroid dienone is 2. The molecule has 3 nitrogen and oxygen atoms in total. The van der Waals surface area contributed by atoms with Crippen LogP contribution in [0.3, 0.4) is 0 Å². The maximum Gasteiger partial charge on any atom is 0.303 e. The third-order valence-corrected chi connectivity index (χ3v) is 2.31. The highest BCUT2D eigenvalue weighted by Crippen LogP contribution is 2.17. The molecule has 0 saturated heterocycles. The highest BCUT2D eigenvalue weighted by atomic mass is 16.4. The molecule has 3 N–H and O–H groups in total. The van der Waals surface area contributed by atoms with Crippen LogP contribution in [0.2, 0.25) is 0 Å². The van der Waals surface area contributed by atoms with Crippen molar-refractivity contribution in [3.05, 3.63) is 12.2 Å². The van der Waals surface area contributed by atoms with Gasteiger partial charge in [-0.05, 0) is 38.1 Å². The first-order valence-corrected chi connectivity index (χ1v) is 5.13. The molecule has 0 saturated carbocycles. The number of nitrogens with two attached hydrogens (primary N) is 1. The number of aliphatic carboxylic acids is 1. The number of carboxylic acid groups (broad SMARTS) is 1. The molecule has 0 radical (unpaired) electrons. The average molecular weight is 199 g/mol. The normalized spacial score (nSPS) is 15.6. The SMILES string of the molecule is C/C=C\C[C@@H](C)C[C@H](CN)CC(=O)O. The lowest BCUT2D eigenvalue weighted by Gasteiger charge is -2.16. The molecule has 0 amide bonds. The zero-order chi connectivity index (χ0) is 11.0. The Hall–Kier alpha value is -0.830. The van der Waals surface area contributed by atoms with Crippen LogP contribution in [0.15, 0.2) is 12.2 Å². The molecule has 82 valence electrons. The van der Waals surface area contributed by atoms with Crippen LogP contribution in [0.1, 0.15) is 33.1 Å².